The molecule has 0 saturated carbocycles. The number of rotatable bonds is 5. The number of aromatic nitrogens is 1. The van der Waals surface area contributed by atoms with Crippen molar-refractivity contribution < 1.29 is 14.3 Å². The number of ether oxygens (including phenoxy) is 2. The van der Waals surface area contributed by atoms with Crippen molar-refractivity contribution in [1.82, 2.24) is 14.8 Å². The molecule has 0 N–H and O–H groups in total. The first-order valence-electron chi connectivity index (χ1n) is 10.9. The van der Waals surface area contributed by atoms with E-state index in [1.54, 1.807) is 6.20 Å². The Balaban J connectivity index is 1.13. The lowest BCUT2D eigenvalue weighted by Crippen LogP contribution is -2.73. The second kappa shape index (κ2) is 8.00. The molecule has 2 fully saturated rings. The summed E-state index contributed by atoms with van der Waals surface area (Å²) in [5.74, 6) is 1.50. The van der Waals surface area contributed by atoms with Crippen LogP contribution in [0, 0.1) is 5.92 Å². The molecule has 3 aliphatic heterocycles. The van der Waals surface area contributed by atoms with Crippen LogP contribution in [-0.4, -0.2) is 65.6 Å². The predicted octanol–water partition coefficient (Wildman–Crippen LogP) is 2.52. The molecule has 1 aromatic heterocycles. The van der Waals surface area contributed by atoms with E-state index in [1.807, 2.05) is 47.4 Å². The molecule has 6 nitrogen and oxygen atoms in total. The maximum Gasteiger partial charge on any atom is 0.264 e. The Kier molecular flexibility index (Phi) is 5.21. The highest BCUT2D eigenvalue weighted by Gasteiger charge is 2.52. The molecule has 1 spiro atoms. The van der Waals surface area contributed by atoms with Gasteiger partial charge in [-0.15, -0.1) is 0 Å². The summed E-state index contributed by atoms with van der Waals surface area (Å²) in [4.78, 5) is 21.7. The van der Waals surface area contributed by atoms with Crippen molar-refractivity contribution in [2.24, 2.45) is 5.92 Å². The number of benzene rings is 1. The third kappa shape index (κ3) is 3.70. The van der Waals surface area contributed by atoms with Gasteiger partial charge in [0.15, 0.2) is 6.10 Å². The summed E-state index contributed by atoms with van der Waals surface area (Å²) in [6.07, 6.45) is 4.32. The minimum Gasteiger partial charge on any atom is -0.480 e. The van der Waals surface area contributed by atoms with Gasteiger partial charge in [-0.1, -0.05) is 24.3 Å². The van der Waals surface area contributed by atoms with Crippen molar-refractivity contribution in [3.8, 4) is 5.75 Å². The summed E-state index contributed by atoms with van der Waals surface area (Å²) < 4.78 is 11.9. The number of amides is 1. The maximum atomic E-state index is 13.0. The Morgan fingerprint density at radius 3 is 2.87 bits per heavy atom. The van der Waals surface area contributed by atoms with Crippen LogP contribution in [0.15, 0.2) is 48.7 Å². The first-order valence-corrected chi connectivity index (χ1v) is 10.9. The van der Waals surface area contributed by atoms with Crippen LogP contribution in [-0.2, 0) is 22.6 Å². The molecule has 5 rings (SSSR count). The summed E-state index contributed by atoms with van der Waals surface area (Å²) in [6, 6.07) is 13.9. The Hall–Kier alpha value is -2.44. The molecule has 2 atom stereocenters. The van der Waals surface area contributed by atoms with Gasteiger partial charge in [-0.05, 0) is 56.1 Å². The van der Waals surface area contributed by atoms with E-state index in [4.69, 9.17) is 9.47 Å². The molecule has 3 aliphatic rings. The number of carbonyl (C=O) groups is 1. The van der Waals surface area contributed by atoms with Crippen LogP contribution >= 0.6 is 0 Å². The van der Waals surface area contributed by atoms with Gasteiger partial charge in [-0.2, -0.15) is 0 Å². The number of piperidine rings is 1. The third-order valence-electron chi connectivity index (χ3n) is 6.89. The Morgan fingerprint density at radius 1 is 1.23 bits per heavy atom. The molecular weight excluding hydrogens is 378 g/mol. The molecule has 0 unspecified atom stereocenters. The molecular formula is C24H29N3O3. The molecule has 158 valence electrons. The second-order valence-corrected chi connectivity index (χ2v) is 8.95. The molecule has 6 heteroatoms. The fourth-order valence-corrected chi connectivity index (χ4v) is 5.08. The zero-order chi connectivity index (χ0) is 20.6. The zero-order valence-corrected chi connectivity index (χ0v) is 17.5. The average Bonchev–Trinajstić information content (AvgIpc) is 3.18. The topological polar surface area (TPSA) is 54.9 Å². The van der Waals surface area contributed by atoms with E-state index < -0.39 is 0 Å². The van der Waals surface area contributed by atoms with Crippen molar-refractivity contribution in [1.29, 1.82) is 0 Å². The van der Waals surface area contributed by atoms with Gasteiger partial charge in [-0.3, -0.25) is 14.7 Å². The van der Waals surface area contributed by atoms with Crippen LogP contribution in [0.4, 0.5) is 0 Å². The van der Waals surface area contributed by atoms with Crippen LogP contribution in [0.25, 0.3) is 0 Å². The lowest BCUT2D eigenvalue weighted by molar-refractivity contribution is -0.157. The minimum absolute atomic E-state index is 0.0817. The highest BCUT2D eigenvalue weighted by atomic mass is 16.5. The van der Waals surface area contributed by atoms with Crippen LogP contribution in [0.2, 0.25) is 0 Å². The average molecular weight is 408 g/mol. The van der Waals surface area contributed by atoms with Crippen LogP contribution in [0.5, 0.6) is 5.75 Å². The fourth-order valence-electron chi connectivity index (χ4n) is 5.08. The van der Waals surface area contributed by atoms with E-state index in [2.05, 4.69) is 16.9 Å². The van der Waals surface area contributed by atoms with E-state index in [-0.39, 0.29) is 17.6 Å². The maximum absolute atomic E-state index is 13.0. The monoisotopic (exact) mass is 407 g/mol. The van der Waals surface area contributed by atoms with E-state index in [1.165, 1.54) is 0 Å². The number of likely N-dealkylation sites (tertiary alicyclic amines) is 2. The van der Waals surface area contributed by atoms with Gasteiger partial charge in [0.2, 0.25) is 0 Å². The lowest BCUT2D eigenvalue weighted by atomic mass is 9.75. The molecule has 2 aromatic rings. The van der Waals surface area contributed by atoms with Crippen molar-refractivity contribution in [2.45, 2.75) is 37.5 Å². The number of carbonyl (C=O) groups excluding carboxylic acids is 1. The molecule has 0 radical (unpaired) electrons. The van der Waals surface area contributed by atoms with Crippen molar-refractivity contribution in [3.63, 3.8) is 0 Å². The standard InChI is InChI=1S/C24H29N3O3/c1-26-11-9-18(14-29-15-20-7-4-5-10-25-20)13-24(26)16-27(17-24)23(28)22-12-19-6-2-3-8-21(19)30-22/h2-8,10,18,22H,9,11-17H2,1H3/t18-,22-/m1/s1. The van der Waals surface area contributed by atoms with Gasteiger partial charge in [0.05, 0.1) is 24.4 Å². The molecule has 30 heavy (non-hydrogen) atoms. The first-order chi connectivity index (χ1) is 14.6. The molecule has 1 aromatic carbocycles. The van der Waals surface area contributed by atoms with Gasteiger partial charge in [0.25, 0.3) is 5.91 Å². The third-order valence-corrected chi connectivity index (χ3v) is 6.89. The second-order valence-electron chi connectivity index (χ2n) is 8.95. The van der Waals surface area contributed by atoms with Gasteiger partial charge in [0, 0.05) is 25.7 Å². The molecule has 0 aliphatic carbocycles. The van der Waals surface area contributed by atoms with Gasteiger partial charge in [0.1, 0.15) is 5.75 Å². The summed E-state index contributed by atoms with van der Waals surface area (Å²) in [7, 11) is 2.19. The summed E-state index contributed by atoms with van der Waals surface area (Å²) >= 11 is 0. The number of likely N-dealkylation sites (N-methyl/N-ethyl adjacent to an activating group) is 1. The van der Waals surface area contributed by atoms with Crippen molar-refractivity contribution >= 4 is 5.91 Å². The van der Waals surface area contributed by atoms with Gasteiger partial charge >= 0.3 is 0 Å². The Bertz CT molecular complexity index is 873. The van der Waals surface area contributed by atoms with E-state index in [0.29, 0.717) is 18.9 Å². The number of pyridine rings is 1. The summed E-state index contributed by atoms with van der Waals surface area (Å²) in [5, 5.41) is 0. The lowest BCUT2D eigenvalue weighted by Gasteiger charge is -2.58. The van der Waals surface area contributed by atoms with Crippen LogP contribution < -0.4 is 4.74 Å². The summed E-state index contributed by atoms with van der Waals surface area (Å²) in [5.41, 5.74) is 2.18. The van der Waals surface area contributed by atoms with Gasteiger partial charge in [-0.25, -0.2) is 0 Å². The van der Waals surface area contributed by atoms with E-state index in [0.717, 1.165) is 56.1 Å². The zero-order valence-electron chi connectivity index (χ0n) is 17.5. The molecule has 2 saturated heterocycles. The normalized spacial score (nSPS) is 24.9. The number of nitrogens with zero attached hydrogens (tertiary/aromatic N) is 3. The number of hydrogen-bond donors (Lipinski definition) is 0. The number of fused-ring (bicyclic) bond motifs is 1. The molecule has 1 amide bonds. The molecule has 0 bridgehead atoms. The van der Waals surface area contributed by atoms with Crippen LogP contribution in [0.1, 0.15) is 24.1 Å². The summed E-state index contributed by atoms with van der Waals surface area (Å²) in [6.45, 7) is 3.93. The number of hydrogen-bond acceptors (Lipinski definition) is 5. The van der Waals surface area contributed by atoms with E-state index in [9.17, 15) is 4.79 Å². The van der Waals surface area contributed by atoms with Crippen molar-refractivity contribution in [3.05, 3.63) is 59.9 Å². The first kappa shape index (κ1) is 19.5. The number of para-hydroxylation sites is 1. The smallest absolute Gasteiger partial charge is 0.264 e. The molecule has 4 heterocycles. The largest absolute Gasteiger partial charge is 0.480 e. The van der Waals surface area contributed by atoms with Crippen LogP contribution in [0.3, 0.4) is 0 Å². The minimum atomic E-state index is -0.369. The quantitative estimate of drug-likeness (QED) is 0.762. The highest BCUT2D eigenvalue weighted by Crippen LogP contribution is 2.39. The Labute approximate surface area is 177 Å². The highest BCUT2D eigenvalue weighted by molar-refractivity contribution is 5.83. The SMILES string of the molecule is CN1CC[C@@H](COCc2ccccn2)CC12CN(C(=O)[C@H]1Cc3ccccc3O1)C2. The Morgan fingerprint density at radius 2 is 2.07 bits per heavy atom. The van der Waals surface area contributed by atoms with Gasteiger partial charge < -0.3 is 14.4 Å². The van der Waals surface area contributed by atoms with Crippen molar-refractivity contribution in [2.75, 3.05) is 33.3 Å². The predicted molar refractivity (Wildman–Crippen MR) is 113 cm³/mol. The fraction of sp³-hybridized carbons (Fsp3) is 0.500. The van der Waals surface area contributed by atoms with E-state index >= 15 is 0 Å².